The highest BCUT2D eigenvalue weighted by Crippen LogP contribution is 2.72. The topological polar surface area (TPSA) is 75.6 Å². The predicted molar refractivity (Wildman–Crippen MR) is 151 cm³/mol. The molecular weight excluding hydrogens is 516 g/mol. The van der Waals surface area contributed by atoms with Crippen LogP contribution in [0.5, 0.6) is 0 Å². The summed E-state index contributed by atoms with van der Waals surface area (Å²) in [5.74, 6) is 1.43. The van der Waals surface area contributed by atoms with Gasteiger partial charge in [-0.05, 0) is 36.1 Å². The van der Waals surface area contributed by atoms with Crippen molar-refractivity contribution in [2.24, 2.45) is 0 Å². The molecular formula is C29H30N4O3S2. The lowest BCUT2D eigenvalue weighted by molar-refractivity contribution is -0.137. The van der Waals surface area contributed by atoms with E-state index in [0.717, 1.165) is 41.5 Å². The van der Waals surface area contributed by atoms with Gasteiger partial charge in [0.2, 0.25) is 0 Å². The summed E-state index contributed by atoms with van der Waals surface area (Å²) in [4.78, 5) is 39.0. The van der Waals surface area contributed by atoms with Crippen LogP contribution in [0.2, 0.25) is 0 Å². The summed E-state index contributed by atoms with van der Waals surface area (Å²) in [7, 11) is 1.39. The van der Waals surface area contributed by atoms with Crippen molar-refractivity contribution in [3.63, 3.8) is 0 Å². The molecule has 2 atom stereocenters. The number of piperazine rings is 1. The number of rotatable bonds is 7. The molecule has 3 aliphatic rings. The molecule has 0 radical (unpaired) electrons. The highest BCUT2D eigenvalue weighted by atomic mass is 32.2. The summed E-state index contributed by atoms with van der Waals surface area (Å²) in [6.45, 7) is 4.96. The van der Waals surface area contributed by atoms with Crippen LogP contribution in [0.3, 0.4) is 0 Å². The van der Waals surface area contributed by atoms with E-state index >= 15 is 0 Å². The largest absolute Gasteiger partial charge is 0.468 e. The number of hydrogen-bond donors (Lipinski definition) is 0. The molecule has 2 unspecified atom stereocenters. The maximum atomic E-state index is 13.3. The Labute approximate surface area is 231 Å². The SMILES string of the molecule is CCC12CC1c1c(nc(SCC(=O)OC)nc1N1CCN(C(=O)c3ccc(-c4ccccc4)cc3)CC1)S2. The van der Waals surface area contributed by atoms with E-state index < -0.39 is 0 Å². The van der Waals surface area contributed by atoms with Gasteiger partial charge in [0.05, 0.1) is 12.9 Å². The smallest absolute Gasteiger partial charge is 0.316 e. The molecule has 1 saturated carbocycles. The highest BCUT2D eigenvalue weighted by molar-refractivity contribution is 8.01. The number of amides is 1. The monoisotopic (exact) mass is 546 g/mol. The number of benzene rings is 2. The van der Waals surface area contributed by atoms with Crippen LogP contribution in [-0.4, -0.2) is 70.5 Å². The van der Waals surface area contributed by atoms with E-state index in [1.54, 1.807) is 0 Å². The van der Waals surface area contributed by atoms with Gasteiger partial charge in [0.1, 0.15) is 10.8 Å². The third-order valence-corrected chi connectivity index (χ3v) is 10.3. The van der Waals surface area contributed by atoms with Crippen molar-refractivity contribution < 1.29 is 14.3 Å². The summed E-state index contributed by atoms with van der Waals surface area (Å²) in [6, 6.07) is 18.1. The van der Waals surface area contributed by atoms with E-state index in [0.29, 0.717) is 29.7 Å². The number of anilines is 1. The van der Waals surface area contributed by atoms with E-state index in [1.165, 1.54) is 30.9 Å². The second-order valence-electron chi connectivity index (χ2n) is 9.91. The number of fused-ring (bicyclic) bond motifs is 3. The van der Waals surface area contributed by atoms with Gasteiger partial charge in [-0.1, -0.05) is 72.9 Å². The fraction of sp³-hybridized carbons (Fsp3) is 0.379. The maximum absolute atomic E-state index is 13.3. The third-order valence-electron chi connectivity index (χ3n) is 7.79. The molecule has 6 rings (SSSR count). The first-order valence-electron chi connectivity index (χ1n) is 13.0. The second-order valence-corrected chi connectivity index (χ2v) is 12.3. The number of nitrogens with zero attached hydrogens (tertiary/aromatic N) is 4. The zero-order valence-corrected chi connectivity index (χ0v) is 23.2. The van der Waals surface area contributed by atoms with Gasteiger partial charge in [-0.2, -0.15) is 0 Å². The van der Waals surface area contributed by atoms with Gasteiger partial charge in [-0.3, -0.25) is 9.59 Å². The minimum Gasteiger partial charge on any atom is -0.468 e. The fourth-order valence-corrected chi connectivity index (χ4v) is 7.69. The van der Waals surface area contributed by atoms with Gasteiger partial charge in [0.15, 0.2) is 5.16 Å². The summed E-state index contributed by atoms with van der Waals surface area (Å²) in [6.07, 6.45) is 2.28. The van der Waals surface area contributed by atoms with Crippen molar-refractivity contribution in [1.29, 1.82) is 0 Å². The van der Waals surface area contributed by atoms with E-state index in [-0.39, 0.29) is 22.4 Å². The molecule has 1 aliphatic carbocycles. The quantitative estimate of drug-likeness (QED) is 0.175. The van der Waals surface area contributed by atoms with Crippen LogP contribution in [0.4, 0.5) is 5.82 Å². The molecule has 2 aromatic carbocycles. The molecule has 0 spiro atoms. The number of methoxy groups -OCH3 is 1. The van der Waals surface area contributed by atoms with E-state index in [2.05, 4.69) is 24.0 Å². The van der Waals surface area contributed by atoms with Crippen LogP contribution in [0, 0.1) is 0 Å². The lowest BCUT2D eigenvalue weighted by Crippen LogP contribution is -2.49. The number of esters is 1. The molecule has 196 valence electrons. The van der Waals surface area contributed by atoms with E-state index in [1.807, 2.05) is 59.1 Å². The molecule has 2 fully saturated rings. The Morgan fingerprint density at radius 3 is 2.42 bits per heavy atom. The molecule has 3 heterocycles. The number of aromatic nitrogens is 2. The Kier molecular flexibility index (Phi) is 6.82. The van der Waals surface area contributed by atoms with Gasteiger partial charge in [-0.15, -0.1) is 0 Å². The Morgan fingerprint density at radius 1 is 1.03 bits per heavy atom. The summed E-state index contributed by atoms with van der Waals surface area (Å²) >= 11 is 3.20. The summed E-state index contributed by atoms with van der Waals surface area (Å²) in [5.41, 5.74) is 4.22. The average Bonchev–Trinajstić information content (AvgIpc) is 3.60. The van der Waals surface area contributed by atoms with Crippen molar-refractivity contribution in [1.82, 2.24) is 14.9 Å². The molecule has 0 bridgehead atoms. The summed E-state index contributed by atoms with van der Waals surface area (Å²) in [5, 5.41) is 1.67. The fourth-order valence-electron chi connectivity index (χ4n) is 5.45. The first-order chi connectivity index (χ1) is 18.5. The van der Waals surface area contributed by atoms with Crippen molar-refractivity contribution in [3.8, 4) is 11.1 Å². The number of thioether (sulfide) groups is 2. The minimum atomic E-state index is -0.287. The lowest BCUT2D eigenvalue weighted by Gasteiger charge is -2.36. The molecule has 9 heteroatoms. The van der Waals surface area contributed by atoms with Crippen LogP contribution in [0.1, 0.15) is 41.6 Å². The van der Waals surface area contributed by atoms with Crippen LogP contribution in [0.25, 0.3) is 11.1 Å². The molecule has 1 aromatic heterocycles. The van der Waals surface area contributed by atoms with Gasteiger partial charge >= 0.3 is 5.97 Å². The van der Waals surface area contributed by atoms with Crippen molar-refractivity contribution in [2.75, 3.05) is 43.9 Å². The molecule has 1 amide bonds. The van der Waals surface area contributed by atoms with E-state index in [4.69, 9.17) is 14.7 Å². The molecule has 38 heavy (non-hydrogen) atoms. The van der Waals surface area contributed by atoms with Crippen LogP contribution < -0.4 is 4.90 Å². The number of carbonyl (C=O) groups excluding carboxylic acids is 2. The average molecular weight is 547 g/mol. The zero-order chi connectivity index (χ0) is 26.3. The Hall–Kier alpha value is -3.04. The molecule has 3 aromatic rings. The Bertz CT molecular complexity index is 1360. The third kappa shape index (κ3) is 4.66. The number of hydrogen-bond acceptors (Lipinski definition) is 8. The number of carbonyl (C=O) groups is 2. The molecule has 0 N–H and O–H groups in total. The van der Waals surface area contributed by atoms with Gasteiger partial charge < -0.3 is 14.5 Å². The molecule has 1 saturated heterocycles. The van der Waals surface area contributed by atoms with Crippen molar-refractivity contribution in [3.05, 3.63) is 65.7 Å². The Balaban J connectivity index is 1.16. The summed E-state index contributed by atoms with van der Waals surface area (Å²) < 4.78 is 5.05. The molecule has 7 nitrogen and oxygen atoms in total. The standard InChI is InChI=1S/C29H30N4O3S2/c1-3-29-17-22(29)24-25(30-28(31-26(24)38-29)37-18-23(34)36-2)32-13-15-33(16-14-32)27(35)21-11-9-20(10-12-21)19-7-5-4-6-8-19/h4-12,22H,3,13-18H2,1-2H3. The van der Waals surface area contributed by atoms with Gasteiger partial charge in [0, 0.05) is 48.0 Å². The van der Waals surface area contributed by atoms with Gasteiger partial charge in [-0.25, -0.2) is 9.97 Å². The number of ether oxygens (including phenoxy) is 1. The first kappa shape index (κ1) is 25.2. The molecule has 2 aliphatic heterocycles. The van der Waals surface area contributed by atoms with Crippen LogP contribution >= 0.6 is 23.5 Å². The van der Waals surface area contributed by atoms with Crippen LogP contribution in [0.15, 0.2) is 64.8 Å². The first-order valence-corrected chi connectivity index (χ1v) is 14.8. The van der Waals surface area contributed by atoms with Crippen molar-refractivity contribution in [2.45, 2.75) is 40.6 Å². The lowest BCUT2D eigenvalue weighted by atomic mass is 10.0. The van der Waals surface area contributed by atoms with E-state index in [9.17, 15) is 9.59 Å². The van der Waals surface area contributed by atoms with Crippen LogP contribution in [-0.2, 0) is 9.53 Å². The minimum absolute atomic E-state index is 0.0641. The highest BCUT2D eigenvalue weighted by Gasteiger charge is 2.61. The normalized spacial score (nSPS) is 21.6. The van der Waals surface area contributed by atoms with Crippen molar-refractivity contribution >= 4 is 41.2 Å². The predicted octanol–water partition coefficient (Wildman–Crippen LogP) is 5.11. The second kappa shape index (κ2) is 10.3. The van der Waals surface area contributed by atoms with Gasteiger partial charge in [0.25, 0.3) is 5.91 Å². The zero-order valence-electron chi connectivity index (χ0n) is 21.6. The Morgan fingerprint density at radius 2 is 1.74 bits per heavy atom. The maximum Gasteiger partial charge on any atom is 0.316 e.